The number of anilines is 1. The lowest BCUT2D eigenvalue weighted by atomic mass is 9.63. The fourth-order valence-corrected chi connectivity index (χ4v) is 5.23. The van der Waals surface area contributed by atoms with Gasteiger partial charge in [-0.1, -0.05) is 28.1 Å². The number of imide groups is 1. The highest BCUT2D eigenvalue weighted by Gasteiger charge is 2.67. The minimum Gasteiger partial charge on any atom is -0.274 e. The van der Waals surface area contributed by atoms with E-state index in [-0.39, 0.29) is 35.5 Å². The second-order valence-electron chi connectivity index (χ2n) is 7.10. The molecular formula is C18H16BrNO2. The van der Waals surface area contributed by atoms with Gasteiger partial charge in [-0.25, -0.2) is 0 Å². The number of hydrogen-bond donors (Lipinski definition) is 0. The molecule has 1 saturated heterocycles. The molecule has 3 nitrogen and oxygen atoms in total. The van der Waals surface area contributed by atoms with Crippen LogP contribution >= 0.6 is 15.9 Å². The summed E-state index contributed by atoms with van der Waals surface area (Å²) in [5.74, 6) is 1.68. The zero-order valence-corrected chi connectivity index (χ0v) is 13.8. The molecule has 0 unspecified atom stereocenters. The van der Waals surface area contributed by atoms with E-state index >= 15 is 0 Å². The molecule has 1 heterocycles. The van der Waals surface area contributed by atoms with Gasteiger partial charge >= 0.3 is 0 Å². The van der Waals surface area contributed by atoms with Crippen molar-refractivity contribution in [3.05, 3.63) is 40.4 Å². The Morgan fingerprint density at radius 2 is 1.64 bits per heavy atom. The number of allylic oxidation sites excluding steroid dienone is 2. The van der Waals surface area contributed by atoms with Crippen LogP contribution in [0.15, 0.2) is 34.8 Å². The number of hydrogen-bond acceptors (Lipinski definition) is 2. The highest BCUT2D eigenvalue weighted by molar-refractivity contribution is 9.10. The quantitative estimate of drug-likeness (QED) is 0.571. The Balaban J connectivity index is 1.58. The second kappa shape index (κ2) is 4.10. The van der Waals surface area contributed by atoms with Gasteiger partial charge in [-0.3, -0.25) is 14.5 Å². The van der Waals surface area contributed by atoms with Crippen molar-refractivity contribution in [1.29, 1.82) is 0 Å². The number of benzene rings is 1. The Bertz CT molecular complexity index is 719. The van der Waals surface area contributed by atoms with Gasteiger partial charge in [0.1, 0.15) is 0 Å². The van der Waals surface area contributed by atoms with Crippen molar-refractivity contribution in [2.45, 2.75) is 13.3 Å². The summed E-state index contributed by atoms with van der Waals surface area (Å²) in [6.45, 7) is 1.98. The van der Waals surface area contributed by atoms with E-state index in [1.165, 1.54) is 11.3 Å². The molecule has 0 N–H and O–H groups in total. The van der Waals surface area contributed by atoms with Gasteiger partial charge in [-0.05, 0) is 60.8 Å². The highest BCUT2D eigenvalue weighted by Crippen LogP contribution is 2.65. The van der Waals surface area contributed by atoms with Gasteiger partial charge in [0.15, 0.2) is 0 Å². The van der Waals surface area contributed by atoms with Crippen LogP contribution in [0, 0.1) is 42.4 Å². The van der Waals surface area contributed by atoms with Crippen molar-refractivity contribution in [2.75, 3.05) is 4.90 Å². The van der Waals surface area contributed by atoms with Crippen molar-refractivity contribution in [3.8, 4) is 0 Å². The van der Waals surface area contributed by atoms with E-state index in [9.17, 15) is 9.59 Å². The standard InChI is InChI=1S/C18H16BrNO2/c1-8-6-9(2-5-14(8)19)20-17(21)15-10-3-4-11(13-7-12(10)13)16(15)18(20)22/h2-6,10-13,15-16H,7H2,1H3/t10-,11-,12-,13+,15+,16+/m0/s1. The summed E-state index contributed by atoms with van der Waals surface area (Å²) >= 11 is 3.47. The maximum atomic E-state index is 13.0. The van der Waals surface area contributed by atoms with Crippen LogP contribution in [0.4, 0.5) is 5.69 Å². The minimum atomic E-state index is -0.116. The summed E-state index contributed by atoms with van der Waals surface area (Å²) < 4.78 is 0.996. The number of carbonyl (C=O) groups is 2. The first-order chi connectivity index (χ1) is 10.6. The van der Waals surface area contributed by atoms with E-state index in [1.807, 2.05) is 25.1 Å². The first-order valence-corrected chi connectivity index (χ1v) is 8.69. The number of nitrogens with zero attached hydrogens (tertiary/aromatic N) is 1. The average molecular weight is 358 g/mol. The predicted octanol–water partition coefficient (Wildman–Crippen LogP) is 3.32. The van der Waals surface area contributed by atoms with Crippen molar-refractivity contribution in [1.82, 2.24) is 0 Å². The monoisotopic (exact) mass is 357 g/mol. The minimum absolute atomic E-state index is 0.0152. The van der Waals surface area contributed by atoms with Crippen LogP contribution in [0.25, 0.3) is 0 Å². The Kier molecular flexibility index (Phi) is 2.44. The first kappa shape index (κ1) is 13.1. The number of rotatable bonds is 1. The van der Waals surface area contributed by atoms with Crippen molar-refractivity contribution < 1.29 is 9.59 Å². The predicted molar refractivity (Wildman–Crippen MR) is 86.1 cm³/mol. The summed E-state index contributed by atoms with van der Waals surface area (Å²) in [5, 5.41) is 0. The van der Waals surface area contributed by atoms with E-state index in [0.29, 0.717) is 11.8 Å². The Morgan fingerprint density at radius 3 is 2.18 bits per heavy atom. The third-order valence-electron chi connectivity index (χ3n) is 6.06. The van der Waals surface area contributed by atoms with Crippen LogP contribution in [0.2, 0.25) is 0 Å². The van der Waals surface area contributed by atoms with Gasteiger partial charge in [0.2, 0.25) is 11.8 Å². The number of halogens is 1. The maximum Gasteiger partial charge on any atom is 0.238 e. The van der Waals surface area contributed by atoms with Crippen molar-refractivity contribution >= 4 is 33.4 Å². The Morgan fingerprint density at radius 1 is 1.05 bits per heavy atom. The van der Waals surface area contributed by atoms with Crippen molar-refractivity contribution in [2.24, 2.45) is 35.5 Å². The van der Waals surface area contributed by atoms with E-state index < -0.39 is 0 Å². The van der Waals surface area contributed by atoms with Gasteiger partial charge in [0.25, 0.3) is 0 Å². The van der Waals surface area contributed by atoms with Gasteiger partial charge < -0.3 is 0 Å². The van der Waals surface area contributed by atoms with Crippen LogP contribution in [0.1, 0.15) is 12.0 Å². The zero-order chi connectivity index (χ0) is 15.2. The molecule has 112 valence electrons. The summed E-state index contributed by atoms with van der Waals surface area (Å²) in [7, 11) is 0. The fraction of sp³-hybridized carbons (Fsp3) is 0.444. The first-order valence-electron chi connectivity index (χ1n) is 7.90. The van der Waals surface area contributed by atoms with E-state index in [0.717, 1.165) is 15.7 Å². The number of aryl methyl sites for hydroxylation is 1. The Hall–Kier alpha value is -1.42. The van der Waals surface area contributed by atoms with Crippen LogP contribution in [0.3, 0.4) is 0 Å². The molecule has 2 saturated carbocycles. The van der Waals surface area contributed by atoms with Crippen molar-refractivity contribution in [3.63, 3.8) is 0 Å². The number of carbonyl (C=O) groups excluding carboxylic acids is 2. The molecule has 1 aliphatic heterocycles. The van der Waals surface area contributed by atoms with Gasteiger partial charge in [-0.2, -0.15) is 0 Å². The lowest BCUT2D eigenvalue weighted by Crippen LogP contribution is -2.40. The fourth-order valence-electron chi connectivity index (χ4n) is 4.98. The molecule has 4 aliphatic carbocycles. The molecule has 5 aliphatic rings. The molecule has 2 bridgehead atoms. The molecule has 6 rings (SSSR count). The van der Waals surface area contributed by atoms with Crippen LogP contribution in [0.5, 0.6) is 0 Å². The summed E-state index contributed by atoms with van der Waals surface area (Å²) in [6, 6.07) is 5.70. The molecule has 22 heavy (non-hydrogen) atoms. The van der Waals surface area contributed by atoms with Gasteiger partial charge in [-0.15, -0.1) is 0 Å². The lowest BCUT2D eigenvalue weighted by Gasteiger charge is -2.37. The molecule has 1 aromatic rings. The van der Waals surface area contributed by atoms with E-state index in [4.69, 9.17) is 0 Å². The van der Waals surface area contributed by atoms with Gasteiger partial charge in [0.05, 0.1) is 17.5 Å². The molecule has 4 heteroatoms. The smallest absolute Gasteiger partial charge is 0.238 e. The molecule has 3 fully saturated rings. The van der Waals surface area contributed by atoms with Crippen LogP contribution < -0.4 is 4.90 Å². The summed E-state index contributed by atoms with van der Waals surface area (Å²) in [4.78, 5) is 27.4. The molecule has 0 radical (unpaired) electrons. The maximum absolute atomic E-state index is 13.0. The Labute approximate surface area is 137 Å². The number of amides is 2. The van der Waals surface area contributed by atoms with E-state index in [1.54, 1.807) is 0 Å². The summed E-state index contributed by atoms with van der Waals surface area (Å²) in [6.07, 6.45) is 5.62. The lowest BCUT2D eigenvalue weighted by molar-refractivity contribution is -0.124. The second-order valence-corrected chi connectivity index (χ2v) is 7.95. The molecular weight excluding hydrogens is 342 g/mol. The third-order valence-corrected chi connectivity index (χ3v) is 6.95. The zero-order valence-electron chi connectivity index (χ0n) is 12.2. The average Bonchev–Trinajstić information content (AvgIpc) is 3.28. The van der Waals surface area contributed by atoms with E-state index in [2.05, 4.69) is 28.1 Å². The molecule has 6 atom stereocenters. The highest BCUT2D eigenvalue weighted by atomic mass is 79.9. The normalized spacial score (nSPS) is 40.9. The third kappa shape index (κ3) is 1.47. The molecule has 2 amide bonds. The van der Waals surface area contributed by atoms with Gasteiger partial charge in [0, 0.05) is 4.47 Å². The largest absolute Gasteiger partial charge is 0.274 e. The molecule has 0 spiro atoms. The molecule has 0 aromatic heterocycles. The molecule has 1 aromatic carbocycles. The topological polar surface area (TPSA) is 37.4 Å². The summed E-state index contributed by atoms with van der Waals surface area (Å²) in [5.41, 5.74) is 1.76. The van der Waals surface area contributed by atoms with Crippen LogP contribution in [-0.2, 0) is 9.59 Å². The SMILES string of the molecule is Cc1cc(N2C(=O)[C@@H]3[C@H]4C=C[C@@H]([C@@H]5C[C@H]45)[C@H]3C2=O)ccc1Br. The van der Waals surface area contributed by atoms with Crippen LogP contribution in [-0.4, -0.2) is 11.8 Å².